The number of carbonyl (C=O) groups excluding carboxylic acids is 1. The van der Waals surface area contributed by atoms with E-state index >= 15 is 0 Å². The van der Waals surface area contributed by atoms with Crippen molar-refractivity contribution in [3.63, 3.8) is 0 Å². The zero-order valence-electron chi connectivity index (χ0n) is 18.5. The van der Waals surface area contributed by atoms with E-state index < -0.39 is 5.60 Å². The molecule has 1 amide bonds. The van der Waals surface area contributed by atoms with Crippen LogP contribution in [0.15, 0.2) is 23.6 Å². The number of nitrogens with zero attached hydrogens (tertiary/aromatic N) is 5. The number of aliphatic imine (C=N–C) groups is 1. The van der Waals surface area contributed by atoms with Crippen LogP contribution in [-0.4, -0.2) is 64.1 Å². The Hall–Kier alpha value is -2.68. The van der Waals surface area contributed by atoms with Gasteiger partial charge in [0.2, 0.25) is 5.95 Å². The Labute approximate surface area is 181 Å². The zero-order chi connectivity index (χ0) is 21.8. The summed E-state index contributed by atoms with van der Waals surface area (Å²) in [5, 5.41) is 3.15. The molecule has 5 heterocycles. The molecule has 0 aromatic carbocycles. The van der Waals surface area contributed by atoms with Crippen molar-refractivity contribution in [2.45, 2.75) is 64.3 Å². The van der Waals surface area contributed by atoms with Crippen LogP contribution in [0.3, 0.4) is 0 Å². The van der Waals surface area contributed by atoms with Crippen molar-refractivity contribution in [1.82, 2.24) is 19.7 Å². The van der Waals surface area contributed by atoms with Crippen LogP contribution in [0.25, 0.3) is 5.65 Å². The lowest BCUT2D eigenvalue weighted by Gasteiger charge is -2.45. The number of fused-ring (bicyclic) bond motifs is 1. The Morgan fingerprint density at radius 2 is 2.16 bits per heavy atom. The molecular formula is C22H30N6O3. The van der Waals surface area contributed by atoms with Gasteiger partial charge in [0.15, 0.2) is 0 Å². The first kappa shape index (κ1) is 20.2. The van der Waals surface area contributed by atoms with Crippen molar-refractivity contribution in [3.8, 4) is 0 Å². The molecule has 0 saturated carbocycles. The van der Waals surface area contributed by atoms with Crippen LogP contribution in [0.2, 0.25) is 0 Å². The fourth-order valence-electron chi connectivity index (χ4n) is 4.85. The molecule has 2 unspecified atom stereocenters. The Kier molecular flexibility index (Phi) is 4.69. The number of nitrogens with one attached hydrogen (secondary N) is 1. The van der Waals surface area contributed by atoms with Crippen LogP contribution < -0.4 is 10.2 Å². The Morgan fingerprint density at radius 1 is 1.35 bits per heavy atom. The summed E-state index contributed by atoms with van der Waals surface area (Å²) in [5.41, 5.74) is 1.25. The molecule has 0 bridgehead atoms. The van der Waals surface area contributed by atoms with Crippen LogP contribution in [0.5, 0.6) is 0 Å². The molecule has 2 saturated heterocycles. The van der Waals surface area contributed by atoms with Gasteiger partial charge < -0.3 is 19.7 Å². The highest BCUT2D eigenvalue weighted by Gasteiger charge is 2.49. The number of ether oxygens (including phenoxy) is 2. The summed E-state index contributed by atoms with van der Waals surface area (Å²) >= 11 is 0. The number of hydrogen-bond acceptors (Lipinski definition) is 7. The fourth-order valence-corrected chi connectivity index (χ4v) is 4.85. The number of imidazole rings is 1. The number of rotatable bonds is 3. The zero-order valence-corrected chi connectivity index (χ0v) is 18.5. The minimum absolute atomic E-state index is 0.0924. The first-order valence-corrected chi connectivity index (χ1v) is 11.0. The van der Waals surface area contributed by atoms with E-state index in [0.717, 1.165) is 36.5 Å². The van der Waals surface area contributed by atoms with Gasteiger partial charge in [0.1, 0.15) is 17.3 Å². The number of piperidine rings is 1. The molecule has 166 valence electrons. The summed E-state index contributed by atoms with van der Waals surface area (Å²) in [5.74, 6) is 0.828. The molecule has 4 atom stereocenters. The van der Waals surface area contributed by atoms with E-state index in [1.54, 1.807) is 6.20 Å². The Balaban J connectivity index is 1.42. The average molecular weight is 427 g/mol. The summed E-state index contributed by atoms with van der Waals surface area (Å²) in [4.78, 5) is 28.4. The maximum absolute atomic E-state index is 12.7. The molecule has 2 aromatic rings. The third-order valence-electron chi connectivity index (χ3n) is 6.40. The molecule has 2 fully saturated rings. The molecule has 1 N–H and O–H groups in total. The third kappa shape index (κ3) is 3.86. The maximum Gasteiger partial charge on any atom is 0.407 e. The van der Waals surface area contributed by atoms with Gasteiger partial charge in [0.05, 0.1) is 18.8 Å². The van der Waals surface area contributed by atoms with Gasteiger partial charge in [0, 0.05) is 48.9 Å². The van der Waals surface area contributed by atoms with Crippen LogP contribution in [0.1, 0.15) is 52.1 Å². The largest absolute Gasteiger partial charge is 0.444 e. The SMILES string of the molecule is C[C@H]1CC2(CCN(c3ncc([C@@H]4C=N4)c4nccn34)CC2NC(=O)OC(C)(C)C)CO1. The van der Waals surface area contributed by atoms with Crippen molar-refractivity contribution < 1.29 is 14.3 Å². The minimum atomic E-state index is -0.545. The second kappa shape index (κ2) is 7.19. The lowest BCUT2D eigenvalue weighted by atomic mass is 9.73. The number of amides is 1. The molecule has 0 aliphatic carbocycles. The van der Waals surface area contributed by atoms with E-state index in [1.807, 2.05) is 43.8 Å². The number of alkyl carbamates (subject to hydrolysis) is 1. The summed E-state index contributed by atoms with van der Waals surface area (Å²) < 4.78 is 13.5. The molecule has 1 spiro atoms. The predicted molar refractivity (Wildman–Crippen MR) is 117 cm³/mol. The summed E-state index contributed by atoms with van der Waals surface area (Å²) in [7, 11) is 0. The van der Waals surface area contributed by atoms with E-state index in [0.29, 0.717) is 13.2 Å². The first-order chi connectivity index (χ1) is 14.7. The van der Waals surface area contributed by atoms with Gasteiger partial charge >= 0.3 is 6.09 Å². The van der Waals surface area contributed by atoms with Crippen LogP contribution in [0, 0.1) is 5.41 Å². The van der Waals surface area contributed by atoms with Crippen LogP contribution in [0.4, 0.5) is 10.7 Å². The lowest BCUT2D eigenvalue weighted by Crippen LogP contribution is -2.60. The van der Waals surface area contributed by atoms with Crippen LogP contribution in [-0.2, 0) is 9.47 Å². The van der Waals surface area contributed by atoms with E-state index in [-0.39, 0.29) is 29.7 Å². The second-order valence-electron chi connectivity index (χ2n) is 9.96. The molecule has 0 radical (unpaired) electrons. The lowest BCUT2D eigenvalue weighted by molar-refractivity contribution is 0.0385. The van der Waals surface area contributed by atoms with Crippen molar-refractivity contribution in [2.75, 3.05) is 24.6 Å². The normalized spacial score (nSPS) is 30.2. The van der Waals surface area contributed by atoms with Gasteiger partial charge in [-0.2, -0.15) is 0 Å². The molecule has 2 aromatic heterocycles. The van der Waals surface area contributed by atoms with Gasteiger partial charge in [-0.3, -0.25) is 9.39 Å². The molecule has 9 heteroatoms. The van der Waals surface area contributed by atoms with Gasteiger partial charge in [-0.05, 0) is 40.5 Å². The maximum atomic E-state index is 12.7. The highest BCUT2D eigenvalue weighted by atomic mass is 16.6. The van der Waals surface area contributed by atoms with Crippen molar-refractivity contribution in [3.05, 3.63) is 24.2 Å². The molecule has 31 heavy (non-hydrogen) atoms. The topological polar surface area (TPSA) is 93.4 Å². The monoisotopic (exact) mass is 426 g/mol. The summed E-state index contributed by atoms with van der Waals surface area (Å²) in [6.07, 6.45) is 9.13. The standard InChI is InChI=1S/C22H30N6O3/c1-14-9-22(13-30-14)5-7-27(12-17(22)26-20(29)31-21(2,3)4)19-25-10-15(16-11-24-16)18-23-6-8-28(18)19/h6,8,10-11,14,16-17H,5,7,9,12-13H2,1-4H3,(H,26,29)/t14-,16-,17?,22?/m0/s1. The Bertz CT molecular complexity index is 1020. The Morgan fingerprint density at radius 3 is 2.84 bits per heavy atom. The van der Waals surface area contributed by atoms with Crippen molar-refractivity contribution in [1.29, 1.82) is 0 Å². The summed E-state index contributed by atoms with van der Waals surface area (Å²) in [6.45, 7) is 9.84. The molecule has 9 nitrogen and oxygen atoms in total. The van der Waals surface area contributed by atoms with E-state index in [1.165, 1.54) is 0 Å². The minimum Gasteiger partial charge on any atom is -0.444 e. The molecule has 3 aliphatic rings. The predicted octanol–water partition coefficient (Wildman–Crippen LogP) is 2.75. The smallest absolute Gasteiger partial charge is 0.407 e. The number of carbonyl (C=O) groups is 1. The van der Waals surface area contributed by atoms with Gasteiger partial charge in [0.25, 0.3) is 0 Å². The third-order valence-corrected chi connectivity index (χ3v) is 6.40. The second-order valence-corrected chi connectivity index (χ2v) is 9.96. The first-order valence-electron chi connectivity index (χ1n) is 11.0. The quantitative estimate of drug-likeness (QED) is 0.811. The molecule has 3 aliphatic heterocycles. The number of hydrogen-bond donors (Lipinski definition) is 1. The van der Waals surface area contributed by atoms with Crippen LogP contribution >= 0.6 is 0 Å². The van der Waals surface area contributed by atoms with Gasteiger partial charge in [-0.25, -0.2) is 14.8 Å². The fraction of sp³-hybridized carbons (Fsp3) is 0.636. The van der Waals surface area contributed by atoms with E-state index in [9.17, 15) is 4.79 Å². The van der Waals surface area contributed by atoms with E-state index in [2.05, 4.69) is 27.1 Å². The molecule has 5 rings (SSSR count). The van der Waals surface area contributed by atoms with Crippen molar-refractivity contribution >= 4 is 23.9 Å². The van der Waals surface area contributed by atoms with Gasteiger partial charge in [-0.1, -0.05) is 0 Å². The molecular weight excluding hydrogens is 396 g/mol. The van der Waals surface area contributed by atoms with E-state index in [4.69, 9.17) is 14.5 Å². The number of aromatic nitrogens is 3. The average Bonchev–Trinajstić information content (AvgIpc) is 3.29. The highest BCUT2D eigenvalue weighted by Crippen LogP contribution is 2.43. The van der Waals surface area contributed by atoms with Crippen molar-refractivity contribution in [2.24, 2.45) is 10.4 Å². The number of anilines is 1. The highest BCUT2D eigenvalue weighted by molar-refractivity contribution is 5.82. The van der Waals surface area contributed by atoms with Gasteiger partial charge in [-0.15, -0.1) is 0 Å². The summed E-state index contributed by atoms with van der Waals surface area (Å²) in [6, 6.07) is -0.0114.